The molecular weight excluding hydrogens is 379 g/mol. The molecule has 0 saturated carbocycles. The molecule has 1 N–H and O–H groups in total. The smallest absolute Gasteiger partial charge is 0.375 e. The van der Waals surface area contributed by atoms with Gasteiger partial charge in [0.2, 0.25) is 0 Å². The summed E-state index contributed by atoms with van der Waals surface area (Å²) in [5, 5.41) is 10.2. The molecule has 2 aromatic rings. The summed E-state index contributed by atoms with van der Waals surface area (Å²) in [6.07, 6.45) is 3.43. The number of aliphatic imine (C=N–C) groups is 1. The second kappa shape index (κ2) is 10.4. The lowest BCUT2D eigenvalue weighted by molar-refractivity contribution is 0.232. The number of hydrogen-bond acceptors (Lipinski definition) is 7. The molecule has 0 fully saturated rings. The summed E-state index contributed by atoms with van der Waals surface area (Å²) in [5.74, 6) is 0.468. The third-order valence-corrected chi connectivity index (χ3v) is 5.89. The van der Waals surface area contributed by atoms with Crippen molar-refractivity contribution in [1.29, 1.82) is 0 Å². The van der Waals surface area contributed by atoms with E-state index < -0.39 is 7.60 Å². The Morgan fingerprint density at radius 2 is 1.89 bits per heavy atom. The highest BCUT2D eigenvalue weighted by molar-refractivity contribution is 7.72. The summed E-state index contributed by atoms with van der Waals surface area (Å²) in [7, 11) is -3.60. The molecule has 0 aliphatic heterocycles. The van der Waals surface area contributed by atoms with Crippen molar-refractivity contribution in [3.63, 3.8) is 0 Å². The third-order valence-electron chi connectivity index (χ3n) is 3.81. The Kier molecular flexibility index (Phi) is 8.18. The Balaban J connectivity index is 2.51. The SMILES string of the molecule is CCOc1cc(CC(=Nc2cccnc2)P(=O)(OCC)OCC)cc(C)c1O. The Bertz CT molecular complexity index is 845. The van der Waals surface area contributed by atoms with Crippen LogP contribution in [-0.2, 0) is 20.0 Å². The van der Waals surface area contributed by atoms with Crippen molar-refractivity contribution in [2.45, 2.75) is 34.1 Å². The van der Waals surface area contributed by atoms with Crippen LogP contribution in [0.5, 0.6) is 11.5 Å². The van der Waals surface area contributed by atoms with Gasteiger partial charge in [-0.3, -0.25) is 9.55 Å². The van der Waals surface area contributed by atoms with Gasteiger partial charge in [0.05, 0.1) is 31.7 Å². The zero-order valence-electron chi connectivity index (χ0n) is 16.7. The van der Waals surface area contributed by atoms with Crippen LogP contribution in [0.4, 0.5) is 5.69 Å². The van der Waals surface area contributed by atoms with Gasteiger partial charge in [-0.1, -0.05) is 6.07 Å². The Morgan fingerprint density at radius 3 is 2.46 bits per heavy atom. The number of phenolic OH excluding ortho intramolecular Hbond substituents is 1. The largest absolute Gasteiger partial charge is 0.504 e. The molecule has 8 heteroatoms. The van der Waals surface area contributed by atoms with Crippen LogP contribution in [-0.4, -0.2) is 35.4 Å². The molecule has 2 rings (SSSR count). The topological polar surface area (TPSA) is 90.2 Å². The van der Waals surface area contributed by atoms with Crippen molar-refractivity contribution in [3.05, 3.63) is 47.8 Å². The van der Waals surface area contributed by atoms with Crippen molar-refractivity contribution < 1.29 is 23.5 Å². The van der Waals surface area contributed by atoms with Crippen molar-refractivity contribution in [3.8, 4) is 11.5 Å². The van der Waals surface area contributed by atoms with E-state index >= 15 is 0 Å². The van der Waals surface area contributed by atoms with E-state index in [0.717, 1.165) is 5.56 Å². The van der Waals surface area contributed by atoms with Crippen LogP contribution in [0, 0.1) is 6.92 Å². The minimum absolute atomic E-state index is 0.0918. The van der Waals surface area contributed by atoms with Gasteiger partial charge in [-0.15, -0.1) is 0 Å². The van der Waals surface area contributed by atoms with Gasteiger partial charge in [0.15, 0.2) is 11.5 Å². The molecule has 0 amide bonds. The van der Waals surface area contributed by atoms with E-state index in [9.17, 15) is 9.67 Å². The average molecular weight is 406 g/mol. The van der Waals surface area contributed by atoms with E-state index in [4.69, 9.17) is 13.8 Å². The first-order chi connectivity index (χ1) is 13.4. The van der Waals surface area contributed by atoms with Crippen molar-refractivity contribution in [2.75, 3.05) is 19.8 Å². The van der Waals surface area contributed by atoms with Gasteiger partial charge in [0, 0.05) is 12.6 Å². The Morgan fingerprint density at radius 1 is 1.18 bits per heavy atom. The monoisotopic (exact) mass is 406 g/mol. The molecule has 0 unspecified atom stereocenters. The first-order valence-electron chi connectivity index (χ1n) is 9.26. The average Bonchev–Trinajstić information content (AvgIpc) is 2.66. The highest BCUT2D eigenvalue weighted by Crippen LogP contribution is 2.51. The summed E-state index contributed by atoms with van der Waals surface area (Å²) >= 11 is 0. The number of phenols is 1. The maximum Gasteiger partial charge on any atom is 0.375 e. The number of benzene rings is 1. The van der Waals surface area contributed by atoms with Crippen LogP contribution >= 0.6 is 7.60 Å². The van der Waals surface area contributed by atoms with Gasteiger partial charge in [0.25, 0.3) is 0 Å². The molecule has 28 heavy (non-hydrogen) atoms. The van der Waals surface area contributed by atoms with Crippen LogP contribution in [0.25, 0.3) is 0 Å². The van der Waals surface area contributed by atoms with Crippen LogP contribution < -0.4 is 4.74 Å². The molecule has 152 valence electrons. The Hall–Kier alpha value is -2.21. The summed E-state index contributed by atoms with van der Waals surface area (Å²) < 4.78 is 29.9. The summed E-state index contributed by atoms with van der Waals surface area (Å²) in [5.41, 5.74) is 2.26. The number of nitrogens with zero attached hydrogens (tertiary/aromatic N) is 2. The molecule has 0 aliphatic carbocycles. The van der Waals surface area contributed by atoms with Crippen LogP contribution in [0.3, 0.4) is 0 Å². The van der Waals surface area contributed by atoms with E-state index in [1.807, 2.05) is 6.92 Å². The lowest BCUT2D eigenvalue weighted by atomic mass is 10.1. The predicted octanol–water partition coefficient (Wildman–Crippen LogP) is 5.03. The summed E-state index contributed by atoms with van der Waals surface area (Å²) in [6, 6.07) is 7.04. The number of aromatic nitrogens is 1. The fraction of sp³-hybridized carbons (Fsp3) is 0.400. The highest BCUT2D eigenvalue weighted by Gasteiger charge is 2.32. The maximum absolute atomic E-state index is 13.4. The molecule has 7 nitrogen and oxygen atoms in total. The van der Waals surface area contributed by atoms with Gasteiger partial charge < -0.3 is 18.9 Å². The third kappa shape index (κ3) is 5.64. The van der Waals surface area contributed by atoms with Crippen LogP contribution in [0.15, 0.2) is 41.7 Å². The van der Waals surface area contributed by atoms with E-state index in [1.165, 1.54) is 0 Å². The van der Waals surface area contributed by atoms with Gasteiger partial charge in [-0.25, -0.2) is 4.99 Å². The minimum atomic E-state index is -3.60. The quantitative estimate of drug-likeness (QED) is 0.439. The fourth-order valence-electron chi connectivity index (χ4n) is 2.66. The molecular formula is C20H27N2O5P. The summed E-state index contributed by atoms with van der Waals surface area (Å²) in [6.45, 7) is 8.00. The zero-order chi connectivity index (χ0) is 20.6. The molecule has 1 aromatic heterocycles. The Labute approximate surface area is 165 Å². The van der Waals surface area contributed by atoms with Gasteiger partial charge in [0.1, 0.15) is 5.45 Å². The first kappa shape index (κ1) is 22.1. The molecule has 1 aromatic carbocycles. The lowest BCUT2D eigenvalue weighted by Crippen LogP contribution is -2.11. The van der Waals surface area contributed by atoms with E-state index in [-0.39, 0.29) is 30.8 Å². The fourth-order valence-corrected chi connectivity index (χ4v) is 4.33. The molecule has 1 heterocycles. The van der Waals surface area contributed by atoms with Crippen molar-refractivity contribution >= 4 is 18.7 Å². The first-order valence-corrected chi connectivity index (χ1v) is 10.8. The number of aryl methyl sites for hydroxylation is 1. The lowest BCUT2D eigenvalue weighted by Gasteiger charge is -2.20. The van der Waals surface area contributed by atoms with Crippen molar-refractivity contribution in [1.82, 2.24) is 4.98 Å². The van der Waals surface area contributed by atoms with Gasteiger partial charge in [-0.2, -0.15) is 0 Å². The van der Waals surface area contributed by atoms with E-state index in [1.54, 1.807) is 57.4 Å². The van der Waals surface area contributed by atoms with Crippen molar-refractivity contribution in [2.24, 2.45) is 4.99 Å². The molecule has 0 bridgehead atoms. The standard InChI is InChI=1S/C20H27N2O5P/c1-5-25-18-12-16(11-15(4)20(18)23)13-19(22-17-9-8-10-21-14-17)28(24,26-6-2)27-7-3/h8-12,14,23H,5-7,13H2,1-4H3. The molecule has 0 spiro atoms. The number of pyridine rings is 1. The zero-order valence-corrected chi connectivity index (χ0v) is 17.6. The maximum atomic E-state index is 13.4. The minimum Gasteiger partial charge on any atom is -0.504 e. The van der Waals surface area contributed by atoms with Crippen LogP contribution in [0.1, 0.15) is 31.9 Å². The highest BCUT2D eigenvalue weighted by atomic mass is 31.2. The summed E-state index contributed by atoms with van der Waals surface area (Å²) in [4.78, 5) is 8.58. The van der Waals surface area contributed by atoms with Gasteiger partial charge in [-0.05, 0) is 57.0 Å². The molecule has 0 atom stereocenters. The number of aromatic hydroxyl groups is 1. The normalized spacial score (nSPS) is 12.2. The number of ether oxygens (including phenoxy) is 1. The second-order valence-corrected chi connectivity index (χ2v) is 7.97. The molecule has 0 saturated heterocycles. The van der Waals surface area contributed by atoms with E-state index in [2.05, 4.69) is 9.98 Å². The number of rotatable bonds is 10. The second-order valence-electron chi connectivity index (χ2n) is 5.94. The number of hydrogen-bond donors (Lipinski definition) is 1. The molecule has 0 aliphatic rings. The van der Waals surface area contributed by atoms with Crippen LogP contribution in [0.2, 0.25) is 0 Å². The molecule has 0 radical (unpaired) electrons. The van der Waals surface area contributed by atoms with E-state index in [0.29, 0.717) is 23.6 Å². The predicted molar refractivity (Wildman–Crippen MR) is 110 cm³/mol. The van der Waals surface area contributed by atoms with Gasteiger partial charge >= 0.3 is 7.60 Å².